The van der Waals surface area contributed by atoms with Crippen molar-refractivity contribution in [2.75, 3.05) is 0 Å². The van der Waals surface area contributed by atoms with Crippen molar-refractivity contribution in [3.8, 4) is 0 Å². The van der Waals surface area contributed by atoms with E-state index in [1.807, 2.05) is 10.6 Å². The summed E-state index contributed by atoms with van der Waals surface area (Å²) in [5.74, 6) is -8.00. The Morgan fingerprint density at radius 2 is 1.16 bits per heavy atom. The van der Waals surface area contributed by atoms with Crippen molar-refractivity contribution in [1.29, 1.82) is 0 Å². The van der Waals surface area contributed by atoms with Crippen molar-refractivity contribution in [2.24, 2.45) is 22.9 Å². The van der Waals surface area contributed by atoms with E-state index in [0.717, 1.165) is 6.92 Å². The van der Waals surface area contributed by atoms with Gasteiger partial charge in [0.2, 0.25) is 35.4 Å². The Hall–Kier alpha value is -3.79. The SMILES string of the molecule is CC(O)C(NC(=O)C(N)CC(N)=O)C(=O)NC(CC(N)=O)C(=O)NC(CC(N)=O)C(=O)O. The summed E-state index contributed by atoms with van der Waals surface area (Å²) in [6, 6.07) is -6.61. The van der Waals surface area contributed by atoms with E-state index in [1.165, 1.54) is 0 Å². The Morgan fingerprint density at radius 3 is 1.56 bits per heavy atom. The molecule has 0 bridgehead atoms. The summed E-state index contributed by atoms with van der Waals surface area (Å²) in [6.45, 7) is 1.11. The molecule has 16 heteroatoms. The zero-order valence-electron chi connectivity index (χ0n) is 17.1. The van der Waals surface area contributed by atoms with Gasteiger partial charge in [0.05, 0.1) is 31.4 Å². The molecule has 0 saturated heterocycles. The molecule has 16 nitrogen and oxygen atoms in total. The number of aliphatic hydroxyl groups excluding tert-OH is 1. The molecule has 5 atom stereocenters. The normalized spacial score (nSPS) is 15.2. The van der Waals surface area contributed by atoms with Crippen LogP contribution in [0.25, 0.3) is 0 Å². The van der Waals surface area contributed by atoms with Gasteiger partial charge in [-0.25, -0.2) is 4.79 Å². The van der Waals surface area contributed by atoms with Gasteiger partial charge in [0.1, 0.15) is 18.1 Å². The van der Waals surface area contributed by atoms with E-state index in [9.17, 15) is 38.7 Å². The Balaban J connectivity index is 5.49. The highest BCUT2D eigenvalue weighted by Crippen LogP contribution is 2.01. The Labute approximate surface area is 181 Å². The molecule has 0 rings (SSSR count). The second-order valence-corrected chi connectivity index (χ2v) is 6.81. The summed E-state index contributed by atoms with van der Waals surface area (Å²) in [7, 11) is 0. The van der Waals surface area contributed by atoms with Crippen LogP contribution in [0, 0.1) is 0 Å². The molecule has 6 amide bonds. The number of aliphatic carboxylic acids is 1. The van der Waals surface area contributed by atoms with Crippen molar-refractivity contribution >= 4 is 41.4 Å². The van der Waals surface area contributed by atoms with E-state index in [1.54, 1.807) is 0 Å². The topological polar surface area (TPSA) is 300 Å². The lowest BCUT2D eigenvalue weighted by Gasteiger charge is -2.25. The molecule has 0 aliphatic carbocycles. The third-order valence-corrected chi connectivity index (χ3v) is 3.88. The molecular formula is C16H27N7O9. The number of carbonyl (C=O) groups excluding carboxylic acids is 6. The van der Waals surface area contributed by atoms with Crippen LogP contribution in [0.4, 0.5) is 0 Å². The number of hydrogen-bond acceptors (Lipinski definition) is 9. The summed E-state index contributed by atoms with van der Waals surface area (Å²) in [5, 5.41) is 24.9. The number of aliphatic hydroxyl groups is 1. The Bertz CT molecular complexity index is 771. The van der Waals surface area contributed by atoms with Crippen LogP contribution in [-0.4, -0.2) is 81.9 Å². The Morgan fingerprint density at radius 1 is 0.719 bits per heavy atom. The molecule has 0 aliphatic rings. The standard InChI is InChI=1S/C16H27N7O9/c1-5(24)12(23-13(28)6(17)2-9(18)25)15(30)21-7(3-10(19)26)14(29)22-8(16(31)32)4-11(20)27/h5-8,12,24H,2-4,17H2,1H3,(H2,18,25)(H2,19,26)(H2,20,27)(H,21,30)(H,22,29)(H,23,28)(H,31,32). The summed E-state index contributed by atoms with van der Waals surface area (Å²) in [4.78, 5) is 81.2. The van der Waals surface area contributed by atoms with Crippen LogP contribution in [0.15, 0.2) is 0 Å². The number of carbonyl (C=O) groups is 7. The highest BCUT2D eigenvalue weighted by molar-refractivity contribution is 5.97. The van der Waals surface area contributed by atoms with Gasteiger partial charge in [-0.1, -0.05) is 0 Å². The van der Waals surface area contributed by atoms with E-state index < -0.39 is 90.9 Å². The van der Waals surface area contributed by atoms with Crippen LogP contribution in [0.3, 0.4) is 0 Å². The number of carboxylic acid groups (broad SMARTS) is 1. The molecule has 0 heterocycles. The Kier molecular flexibility index (Phi) is 11.3. The minimum atomic E-state index is -1.76. The van der Waals surface area contributed by atoms with Gasteiger partial charge in [-0.05, 0) is 6.92 Å². The van der Waals surface area contributed by atoms with E-state index >= 15 is 0 Å². The van der Waals surface area contributed by atoms with Gasteiger partial charge in [-0.15, -0.1) is 0 Å². The number of rotatable bonds is 14. The van der Waals surface area contributed by atoms with Crippen LogP contribution in [-0.2, 0) is 33.6 Å². The molecular weight excluding hydrogens is 434 g/mol. The first-order valence-corrected chi connectivity index (χ1v) is 9.08. The predicted octanol–water partition coefficient (Wildman–Crippen LogP) is -6.14. The number of carboxylic acids is 1. The quantitative estimate of drug-likeness (QED) is 0.118. The van der Waals surface area contributed by atoms with E-state index in [-0.39, 0.29) is 0 Å². The first-order chi connectivity index (χ1) is 14.6. The summed E-state index contributed by atoms with van der Waals surface area (Å²) < 4.78 is 0. The van der Waals surface area contributed by atoms with Crippen molar-refractivity contribution in [2.45, 2.75) is 56.5 Å². The molecule has 0 saturated carbocycles. The van der Waals surface area contributed by atoms with Gasteiger partial charge < -0.3 is 49.1 Å². The third kappa shape index (κ3) is 10.3. The second kappa shape index (κ2) is 12.8. The largest absolute Gasteiger partial charge is 0.480 e. The van der Waals surface area contributed by atoms with Gasteiger partial charge in [0.25, 0.3) is 0 Å². The maximum absolute atomic E-state index is 12.5. The molecule has 0 aliphatic heterocycles. The van der Waals surface area contributed by atoms with Crippen LogP contribution in [0.5, 0.6) is 0 Å². The highest BCUT2D eigenvalue weighted by Gasteiger charge is 2.33. The molecule has 180 valence electrons. The molecule has 0 spiro atoms. The minimum absolute atomic E-state index is 0.552. The first kappa shape index (κ1) is 28.2. The van der Waals surface area contributed by atoms with Crippen molar-refractivity contribution in [3.05, 3.63) is 0 Å². The molecule has 0 fully saturated rings. The molecule has 0 aromatic heterocycles. The lowest BCUT2D eigenvalue weighted by atomic mass is 10.1. The maximum Gasteiger partial charge on any atom is 0.326 e. The predicted molar refractivity (Wildman–Crippen MR) is 105 cm³/mol. The fourth-order valence-corrected chi connectivity index (χ4v) is 2.32. The lowest BCUT2D eigenvalue weighted by Crippen LogP contribution is -2.60. The lowest BCUT2D eigenvalue weighted by molar-refractivity contribution is -0.144. The molecule has 5 unspecified atom stereocenters. The van der Waals surface area contributed by atoms with Gasteiger partial charge in [-0.2, -0.15) is 0 Å². The molecule has 0 aromatic rings. The number of nitrogens with one attached hydrogen (secondary N) is 3. The van der Waals surface area contributed by atoms with E-state index in [0.29, 0.717) is 0 Å². The fourth-order valence-electron chi connectivity index (χ4n) is 2.32. The molecule has 0 aromatic carbocycles. The summed E-state index contributed by atoms with van der Waals surface area (Å²) >= 11 is 0. The zero-order valence-corrected chi connectivity index (χ0v) is 17.1. The van der Waals surface area contributed by atoms with Gasteiger partial charge in [0, 0.05) is 0 Å². The summed E-state index contributed by atoms with van der Waals surface area (Å²) in [5.41, 5.74) is 20.3. The summed E-state index contributed by atoms with van der Waals surface area (Å²) in [6.07, 6.45) is -3.65. The maximum atomic E-state index is 12.5. The van der Waals surface area contributed by atoms with Crippen molar-refractivity contribution in [1.82, 2.24) is 16.0 Å². The van der Waals surface area contributed by atoms with Crippen LogP contribution >= 0.6 is 0 Å². The zero-order chi connectivity index (χ0) is 25.2. The van der Waals surface area contributed by atoms with E-state index in [2.05, 4.69) is 5.32 Å². The van der Waals surface area contributed by atoms with Crippen LogP contribution in [0.1, 0.15) is 26.2 Å². The molecule has 0 radical (unpaired) electrons. The molecule has 13 N–H and O–H groups in total. The van der Waals surface area contributed by atoms with Gasteiger partial charge in [-0.3, -0.25) is 28.8 Å². The first-order valence-electron chi connectivity index (χ1n) is 9.08. The number of hydrogen-bond donors (Lipinski definition) is 9. The molecule has 32 heavy (non-hydrogen) atoms. The average molecular weight is 461 g/mol. The smallest absolute Gasteiger partial charge is 0.326 e. The third-order valence-electron chi connectivity index (χ3n) is 3.88. The van der Waals surface area contributed by atoms with Crippen molar-refractivity contribution < 1.29 is 43.8 Å². The van der Waals surface area contributed by atoms with Crippen LogP contribution < -0.4 is 38.9 Å². The van der Waals surface area contributed by atoms with E-state index in [4.69, 9.17) is 28.0 Å². The van der Waals surface area contributed by atoms with Gasteiger partial charge >= 0.3 is 5.97 Å². The average Bonchev–Trinajstić information content (AvgIpc) is 2.62. The van der Waals surface area contributed by atoms with Crippen LogP contribution in [0.2, 0.25) is 0 Å². The fraction of sp³-hybridized carbons (Fsp3) is 0.562. The number of nitrogens with two attached hydrogens (primary N) is 4. The second-order valence-electron chi connectivity index (χ2n) is 6.81. The number of primary amides is 3. The highest BCUT2D eigenvalue weighted by atomic mass is 16.4. The van der Waals surface area contributed by atoms with Crippen molar-refractivity contribution in [3.63, 3.8) is 0 Å². The number of amides is 6. The minimum Gasteiger partial charge on any atom is -0.480 e. The van der Waals surface area contributed by atoms with Gasteiger partial charge in [0.15, 0.2) is 0 Å². The monoisotopic (exact) mass is 461 g/mol.